The fraction of sp³-hybridized carbons (Fsp3) is 0.400. The van der Waals surface area contributed by atoms with Crippen LogP contribution in [0.15, 0.2) is 66.9 Å². The van der Waals surface area contributed by atoms with Gasteiger partial charge in [-0.25, -0.2) is 10.3 Å². The van der Waals surface area contributed by atoms with Gasteiger partial charge in [0, 0.05) is 42.8 Å². The van der Waals surface area contributed by atoms with Gasteiger partial charge in [0.05, 0.1) is 11.6 Å². The Morgan fingerprint density at radius 3 is 2.29 bits per heavy atom. The molecule has 4 amide bonds. The number of carbonyl (C=O) groups is 3. The second kappa shape index (κ2) is 16.3. The van der Waals surface area contributed by atoms with Gasteiger partial charge in [0.1, 0.15) is 6.04 Å². The number of rotatable bonds is 15. The molecule has 0 saturated carbocycles. The van der Waals surface area contributed by atoms with E-state index in [0.717, 1.165) is 22.0 Å². The number of benzene rings is 2. The minimum absolute atomic E-state index is 0.295. The van der Waals surface area contributed by atoms with Crippen LogP contribution in [0.5, 0.6) is 0 Å². The van der Waals surface area contributed by atoms with Crippen LogP contribution >= 0.6 is 0 Å². The molecule has 1 unspecified atom stereocenters. The Labute approximate surface area is 240 Å². The second-order valence-electron chi connectivity index (χ2n) is 9.40. The first-order chi connectivity index (χ1) is 19.8. The molecule has 0 spiro atoms. The minimum Gasteiger partial charge on any atom is -0.353 e. The molecule has 4 N–H and O–H groups in total. The van der Waals surface area contributed by atoms with Gasteiger partial charge >= 0.3 is 6.03 Å². The lowest BCUT2D eigenvalue weighted by molar-refractivity contribution is -0.170. The quantitative estimate of drug-likeness (QED) is 0.164. The maximum absolute atomic E-state index is 13.3. The van der Waals surface area contributed by atoms with Crippen LogP contribution < -0.4 is 21.4 Å². The number of aromatic nitrogens is 1. The number of fused-ring (bicyclic) bond motifs is 1. The standard InChI is InChI=1S/C30H39N5O6/c1-5-39-29(40-6-2)20(3)26(24-16-10-14-23-15-11-17-31-27(23)24)34-28(37)21(4)33-25(36)19-41-35-30(38)32-18-22-12-8-7-9-13-22/h7-17,20-21,26,29H,5-6,18-19H2,1-4H3,(H,33,36)(H,34,37)(H2,32,35,38)/t20-,21?,26-/m0/s1. The number of urea groups is 1. The zero-order chi connectivity index (χ0) is 29.6. The lowest BCUT2D eigenvalue weighted by Crippen LogP contribution is -2.49. The highest BCUT2D eigenvalue weighted by Crippen LogP contribution is 2.31. The van der Waals surface area contributed by atoms with Gasteiger partial charge in [-0.3, -0.25) is 19.4 Å². The zero-order valence-corrected chi connectivity index (χ0v) is 23.9. The predicted molar refractivity (Wildman–Crippen MR) is 154 cm³/mol. The van der Waals surface area contributed by atoms with E-state index in [2.05, 4.69) is 26.4 Å². The molecule has 0 aliphatic heterocycles. The van der Waals surface area contributed by atoms with E-state index in [1.54, 1.807) is 13.1 Å². The number of hydrogen-bond acceptors (Lipinski definition) is 7. The van der Waals surface area contributed by atoms with Crippen LogP contribution in [0.25, 0.3) is 10.9 Å². The molecule has 0 radical (unpaired) electrons. The molecular formula is C30H39N5O6. The fourth-order valence-electron chi connectivity index (χ4n) is 4.32. The molecule has 41 heavy (non-hydrogen) atoms. The van der Waals surface area contributed by atoms with Gasteiger partial charge in [-0.2, -0.15) is 0 Å². The van der Waals surface area contributed by atoms with Crippen LogP contribution in [0.1, 0.15) is 44.9 Å². The average Bonchev–Trinajstić information content (AvgIpc) is 2.98. The van der Waals surface area contributed by atoms with Crippen LogP contribution in [0.4, 0.5) is 4.79 Å². The van der Waals surface area contributed by atoms with Crippen LogP contribution in [0, 0.1) is 5.92 Å². The summed E-state index contributed by atoms with van der Waals surface area (Å²) in [5.74, 6) is -1.28. The highest BCUT2D eigenvalue weighted by atomic mass is 16.7. The van der Waals surface area contributed by atoms with Crippen molar-refractivity contribution in [2.45, 2.75) is 52.6 Å². The highest BCUT2D eigenvalue weighted by molar-refractivity contribution is 5.89. The van der Waals surface area contributed by atoms with Crippen molar-refractivity contribution in [3.8, 4) is 0 Å². The summed E-state index contributed by atoms with van der Waals surface area (Å²) >= 11 is 0. The third-order valence-electron chi connectivity index (χ3n) is 6.35. The molecule has 11 nitrogen and oxygen atoms in total. The first-order valence-electron chi connectivity index (χ1n) is 13.7. The van der Waals surface area contributed by atoms with E-state index in [9.17, 15) is 14.4 Å². The number of hydrogen-bond donors (Lipinski definition) is 4. The Bertz CT molecular complexity index is 1260. The molecule has 220 valence electrons. The van der Waals surface area contributed by atoms with E-state index < -0.39 is 42.8 Å². The topological polar surface area (TPSA) is 140 Å². The average molecular weight is 566 g/mol. The smallest absolute Gasteiger partial charge is 0.338 e. The normalized spacial score (nSPS) is 13.3. The molecule has 0 aliphatic rings. The molecule has 1 aromatic heterocycles. The first kappa shape index (κ1) is 31.5. The molecule has 3 atom stereocenters. The summed E-state index contributed by atoms with van der Waals surface area (Å²) in [6.07, 6.45) is 1.13. The molecule has 1 heterocycles. The predicted octanol–water partition coefficient (Wildman–Crippen LogP) is 3.36. The molecule has 0 aliphatic carbocycles. The van der Waals surface area contributed by atoms with Crippen LogP contribution in [0.2, 0.25) is 0 Å². The zero-order valence-electron chi connectivity index (χ0n) is 23.9. The number of ether oxygens (including phenoxy) is 2. The van der Waals surface area contributed by atoms with E-state index in [-0.39, 0.29) is 5.92 Å². The summed E-state index contributed by atoms with van der Waals surface area (Å²) in [5, 5.41) is 9.21. The van der Waals surface area contributed by atoms with E-state index in [1.165, 1.54) is 0 Å². The van der Waals surface area contributed by atoms with E-state index in [0.29, 0.717) is 19.8 Å². The lowest BCUT2D eigenvalue weighted by Gasteiger charge is -2.32. The number of nitrogens with one attached hydrogen (secondary N) is 4. The van der Waals surface area contributed by atoms with Gasteiger partial charge in [-0.15, -0.1) is 0 Å². The first-order valence-corrected chi connectivity index (χ1v) is 13.7. The van der Waals surface area contributed by atoms with Crippen LogP contribution in [0.3, 0.4) is 0 Å². The van der Waals surface area contributed by atoms with Crippen molar-refractivity contribution in [1.29, 1.82) is 0 Å². The van der Waals surface area contributed by atoms with E-state index in [4.69, 9.17) is 14.3 Å². The number of carbonyl (C=O) groups excluding carboxylic acids is 3. The largest absolute Gasteiger partial charge is 0.353 e. The number of hydroxylamine groups is 1. The van der Waals surface area contributed by atoms with Crippen molar-refractivity contribution in [1.82, 2.24) is 26.4 Å². The fourth-order valence-corrected chi connectivity index (χ4v) is 4.32. The van der Waals surface area contributed by atoms with Crippen molar-refractivity contribution in [2.75, 3.05) is 19.8 Å². The molecule has 2 aromatic carbocycles. The summed E-state index contributed by atoms with van der Waals surface area (Å²) in [6, 6.07) is 16.9. The molecule has 11 heteroatoms. The van der Waals surface area contributed by atoms with Gasteiger partial charge in [-0.05, 0) is 32.4 Å². The maximum Gasteiger partial charge on any atom is 0.338 e. The van der Waals surface area contributed by atoms with Gasteiger partial charge in [0.2, 0.25) is 11.8 Å². The molecule has 3 rings (SSSR count). The van der Waals surface area contributed by atoms with E-state index >= 15 is 0 Å². The van der Waals surface area contributed by atoms with Crippen molar-refractivity contribution in [2.24, 2.45) is 5.92 Å². The monoisotopic (exact) mass is 565 g/mol. The number of para-hydroxylation sites is 1. The van der Waals surface area contributed by atoms with Crippen molar-refractivity contribution in [3.05, 3.63) is 78.0 Å². The van der Waals surface area contributed by atoms with Gasteiger partial charge in [0.25, 0.3) is 0 Å². The van der Waals surface area contributed by atoms with Crippen molar-refractivity contribution >= 4 is 28.7 Å². The van der Waals surface area contributed by atoms with E-state index in [1.807, 2.05) is 81.4 Å². The molecule has 3 aromatic rings. The third kappa shape index (κ3) is 9.52. The Kier molecular flexibility index (Phi) is 12.5. The van der Waals surface area contributed by atoms with Crippen LogP contribution in [-0.4, -0.2) is 55.0 Å². The summed E-state index contributed by atoms with van der Waals surface area (Å²) < 4.78 is 11.7. The van der Waals surface area contributed by atoms with Crippen molar-refractivity contribution in [3.63, 3.8) is 0 Å². The SMILES string of the molecule is CCOC(OCC)[C@@H](C)[C@H](NC(=O)C(C)NC(=O)CONC(=O)NCc1ccccc1)c1cccc2cccnc12. The Morgan fingerprint density at radius 1 is 0.878 bits per heavy atom. The summed E-state index contributed by atoms with van der Waals surface area (Å²) in [4.78, 5) is 47.2. The van der Waals surface area contributed by atoms with Crippen LogP contribution in [-0.2, 0) is 30.4 Å². The summed E-state index contributed by atoms with van der Waals surface area (Å²) in [7, 11) is 0. The summed E-state index contributed by atoms with van der Waals surface area (Å²) in [5.41, 5.74) is 4.64. The van der Waals surface area contributed by atoms with Gasteiger partial charge in [0.15, 0.2) is 12.9 Å². The highest BCUT2D eigenvalue weighted by Gasteiger charge is 2.32. The number of pyridine rings is 1. The molecule has 0 bridgehead atoms. The number of amides is 4. The molecular weight excluding hydrogens is 526 g/mol. The minimum atomic E-state index is -0.895. The number of nitrogens with zero attached hydrogens (tertiary/aromatic N) is 1. The third-order valence-corrected chi connectivity index (χ3v) is 6.35. The Hall–Kier alpha value is -4.06. The summed E-state index contributed by atoms with van der Waals surface area (Å²) in [6.45, 7) is 7.98. The Balaban J connectivity index is 1.61. The Morgan fingerprint density at radius 2 is 1.59 bits per heavy atom. The second-order valence-corrected chi connectivity index (χ2v) is 9.40. The van der Waals surface area contributed by atoms with Gasteiger partial charge in [-0.1, -0.05) is 61.5 Å². The lowest BCUT2D eigenvalue weighted by atomic mass is 9.91. The molecule has 0 saturated heterocycles. The van der Waals surface area contributed by atoms with Gasteiger partial charge < -0.3 is 25.4 Å². The van der Waals surface area contributed by atoms with Crippen molar-refractivity contribution < 1.29 is 28.7 Å². The maximum atomic E-state index is 13.3. The molecule has 0 fully saturated rings.